The van der Waals surface area contributed by atoms with Crippen LogP contribution in [-0.4, -0.2) is 41.3 Å². The van der Waals surface area contributed by atoms with E-state index in [-0.39, 0.29) is 12.4 Å². The van der Waals surface area contributed by atoms with Crippen molar-refractivity contribution in [1.29, 1.82) is 5.41 Å². The van der Waals surface area contributed by atoms with Crippen LogP contribution in [0.25, 0.3) is 0 Å². The molecule has 2 aromatic carbocycles. The van der Waals surface area contributed by atoms with Gasteiger partial charge in [0.1, 0.15) is 11.9 Å². The molecule has 6 N–H and O–H groups in total. The van der Waals surface area contributed by atoms with Crippen molar-refractivity contribution in [2.24, 2.45) is 5.73 Å². The van der Waals surface area contributed by atoms with E-state index in [1.807, 2.05) is 6.92 Å². The highest BCUT2D eigenvalue weighted by molar-refractivity contribution is 5.95. The van der Waals surface area contributed by atoms with Crippen LogP contribution in [-0.2, 0) is 4.79 Å². The highest BCUT2D eigenvalue weighted by atomic mass is 16.5. The molecule has 8 nitrogen and oxygen atoms in total. The lowest BCUT2D eigenvalue weighted by Crippen LogP contribution is -2.21. The van der Waals surface area contributed by atoms with Crippen molar-refractivity contribution in [3.63, 3.8) is 0 Å². The van der Waals surface area contributed by atoms with Gasteiger partial charge in [0.25, 0.3) is 0 Å². The highest BCUT2D eigenvalue weighted by Gasteiger charge is 2.22. The molecule has 0 fully saturated rings. The molecule has 0 aliphatic heterocycles. The summed E-state index contributed by atoms with van der Waals surface area (Å²) < 4.78 is 11.2. The molecule has 0 aromatic heterocycles. The van der Waals surface area contributed by atoms with Crippen LogP contribution in [0.3, 0.4) is 0 Å². The lowest BCUT2D eigenvalue weighted by atomic mass is 10.1. The third kappa shape index (κ3) is 5.37. The maximum Gasteiger partial charge on any atom is 0.330 e. The number of amidine groups is 1. The van der Waals surface area contributed by atoms with Crippen LogP contribution in [0.15, 0.2) is 42.5 Å². The number of aliphatic hydroxyl groups excluding tert-OH is 1. The first-order valence-corrected chi connectivity index (χ1v) is 8.83. The smallest absolute Gasteiger partial charge is 0.330 e. The third-order valence-corrected chi connectivity index (χ3v) is 3.94. The third-order valence-electron chi connectivity index (χ3n) is 3.94. The predicted molar refractivity (Wildman–Crippen MR) is 106 cm³/mol. The zero-order chi connectivity index (χ0) is 20.7. The number of carboxylic acids is 1. The van der Waals surface area contributed by atoms with Gasteiger partial charge in [0.2, 0.25) is 0 Å². The van der Waals surface area contributed by atoms with Gasteiger partial charge in [-0.15, -0.1) is 0 Å². The number of hydrogen-bond acceptors (Lipinski definition) is 6. The van der Waals surface area contributed by atoms with E-state index in [0.29, 0.717) is 34.9 Å². The minimum Gasteiger partial charge on any atom is -0.490 e. The number of carbonyl (C=O) groups is 1. The van der Waals surface area contributed by atoms with Crippen LogP contribution >= 0.6 is 0 Å². The molecule has 150 valence electrons. The number of nitrogens with one attached hydrogen (secondary N) is 2. The Morgan fingerprint density at radius 1 is 1.21 bits per heavy atom. The van der Waals surface area contributed by atoms with Crippen molar-refractivity contribution in [3.8, 4) is 11.5 Å². The lowest BCUT2D eigenvalue weighted by Gasteiger charge is -2.20. The molecule has 0 aliphatic carbocycles. The van der Waals surface area contributed by atoms with E-state index in [4.69, 9.17) is 20.6 Å². The van der Waals surface area contributed by atoms with E-state index in [0.717, 1.165) is 0 Å². The van der Waals surface area contributed by atoms with Gasteiger partial charge in [0.15, 0.2) is 17.5 Å². The summed E-state index contributed by atoms with van der Waals surface area (Å²) in [5, 5.41) is 29.2. The first kappa shape index (κ1) is 21.0. The number of nitrogens with two attached hydrogens (primary N) is 1. The molecular weight excluding hydrogens is 362 g/mol. The van der Waals surface area contributed by atoms with Crippen LogP contribution < -0.4 is 20.5 Å². The number of ether oxygens (including phenoxy) is 2. The van der Waals surface area contributed by atoms with Gasteiger partial charge >= 0.3 is 5.97 Å². The SMILES string of the molecule is CCOc1cc(C(Nc2ccc(C(=N)N)cc2)C(=O)O)ccc1OC(C)CO. The van der Waals surface area contributed by atoms with Crippen LogP contribution in [0.5, 0.6) is 11.5 Å². The normalized spacial score (nSPS) is 12.7. The highest BCUT2D eigenvalue weighted by Crippen LogP contribution is 2.32. The summed E-state index contributed by atoms with van der Waals surface area (Å²) in [7, 11) is 0. The van der Waals surface area contributed by atoms with Crippen molar-refractivity contribution < 1.29 is 24.5 Å². The summed E-state index contributed by atoms with van der Waals surface area (Å²) in [5.74, 6) is -0.284. The molecule has 0 aliphatic rings. The van der Waals surface area contributed by atoms with E-state index in [1.54, 1.807) is 49.4 Å². The van der Waals surface area contributed by atoms with Crippen molar-refractivity contribution in [2.45, 2.75) is 26.0 Å². The Kier molecular flexibility index (Phi) is 7.22. The van der Waals surface area contributed by atoms with Crippen molar-refractivity contribution >= 4 is 17.5 Å². The number of aliphatic hydroxyl groups is 1. The topological polar surface area (TPSA) is 138 Å². The largest absolute Gasteiger partial charge is 0.490 e. The van der Waals surface area contributed by atoms with Crippen LogP contribution in [0, 0.1) is 5.41 Å². The fraction of sp³-hybridized carbons (Fsp3) is 0.300. The minimum atomic E-state index is -1.06. The van der Waals surface area contributed by atoms with Gasteiger partial charge in [-0.2, -0.15) is 0 Å². The number of aliphatic carboxylic acids is 1. The Labute approximate surface area is 163 Å². The summed E-state index contributed by atoms with van der Waals surface area (Å²) in [6.07, 6.45) is -0.418. The molecule has 0 saturated heterocycles. The van der Waals surface area contributed by atoms with E-state index in [9.17, 15) is 15.0 Å². The summed E-state index contributed by atoms with van der Waals surface area (Å²) in [4.78, 5) is 11.8. The quantitative estimate of drug-likeness (QED) is 0.312. The second-order valence-electron chi connectivity index (χ2n) is 6.16. The van der Waals surface area contributed by atoms with Crippen molar-refractivity contribution in [1.82, 2.24) is 0 Å². The second kappa shape index (κ2) is 9.61. The van der Waals surface area contributed by atoms with E-state index in [2.05, 4.69) is 5.32 Å². The fourth-order valence-electron chi connectivity index (χ4n) is 2.52. The van der Waals surface area contributed by atoms with Crippen LogP contribution in [0.1, 0.15) is 31.0 Å². The number of nitrogen functional groups attached to an aromatic ring is 1. The van der Waals surface area contributed by atoms with Gasteiger partial charge in [0, 0.05) is 11.3 Å². The molecular formula is C20H25N3O5. The van der Waals surface area contributed by atoms with E-state index >= 15 is 0 Å². The Hall–Kier alpha value is -3.26. The number of carboxylic acid groups (broad SMARTS) is 1. The standard InChI is InChI=1S/C20H25N3O5/c1-3-27-17-10-14(6-9-16(17)28-12(2)11-24)18(20(25)26)23-15-7-4-13(5-8-15)19(21)22/h4-10,12,18,23-24H,3,11H2,1-2H3,(H3,21,22)(H,25,26). The van der Waals surface area contributed by atoms with Crippen LogP contribution in [0.4, 0.5) is 5.69 Å². The summed E-state index contributed by atoms with van der Waals surface area (Å²) >= 11 is 0. The first-order valence-electron chi connectivity index (χ1n) is 8.83. The van der Waals surface area contributed by atoms with Gasteiger partial charge in [0.05, 0.1) is 13.2 Å². The summed E-state index contributed by atoms with van der Waals surface area (Å²) in [6, 6.07) is 10.5. The second-order valence-corrected chi connectivity index (χ2v) is 6.16. The molecule has 8 heteroatoms. The Morgan fingerprint density at radius 3 is 2.43 bits per heavy atom. The van der Waals surface area contributed by atoms with Gasteiger partial charge in [-0.3, -0.25) is 5.41 Å². The predicted octanol–water partition coefficient (Wildman–Crippen LogP) is 2.37. The minimum absolute atomic E-state index is 0.0598. The number of benzene rings is 2. The molecule has 0 saturated carbocycles. The number of anilines is 1. The monoisotopic (exact) mass is 387 g/mol. The fourth-order valence-corrected chi connectivity index (χ4v) is 2.52. The van der Waals surface area contributed by atoms with E-state index < -0.39 is 18.1 Å². The molecule has 0 radical (unpaired) electrons. The lowest BCUT2D eigenvalue weighted by molar-refractivity contribution is -0.138. The number of rotatable bonds is 10. The number of hydrogen-bond donors (Lipinski definition) is 5. The zero-order valence-corrected chi connectivity index (χ0v) is 15.8. The van der Waals surface area contributed by atoms with Crippen LogP contribution in [0.2, 0.25) is 0 Å². The average Bonchev–Trinajstić information content (AvgIpc) is 2.67. The molecule has 2 aromatic rings. The molecule has 0 amide bonds. The molecule has 0 bridgehead atoms. The maximum atomic E-state index is 11.8. The van der Waals surface area contributed by atoms with Crippen molar-refractivity contribution in [2.75, 3.05) is 18.5 Å². The molecule has 2 unspecified atom stereocenters. The first-order chi connectivity index (χ1) is 13.3. The van der Waals surface area contributed by atoms with Gasteiger partial charge in [-0.25, -0.2) is 4.79 Å². The molecule has 28 heavy (non-hydrogen) atoms. The maximum absolute atomic E-state index is 11.8. The van der Waals surface area contributed by atoms with Gasteiger partial charge in [-0.1, -0.05) is 6.07 Å². The van der Waals surface area contributed by atoms with Gasteiger partial charge in [-0.05, 0) is 55.8 Å². The van der Waals surface area contributed by atoms with Crippen molar-refractivity contribution in [3.05, 3.63) is 53.6 Å². The average molecular weight is 387 g/mol. The summed E-state index contributed by atoms with van der Waals surface area (Å²) in [6.45, 7) is 3.76. The molecule has 0 heterocycles. The zero-order valence-electron chi connectivity index (χ0n) is 15.8. The molecule has 2 rings (SSSR count). The van der Waals surface area contributed by atoms with Gasteiger partial charge < -0.3 is 30.7 Å². The van der Waals surface area contributed by atoms with E-state index in [1.165, 1.54) is 0 Å². The Morgan fingerprint density at radius 2 is 1.89 bits per heavy atom. The Bertz CT molecular complexity index is 823. The Balaban J connectivity index is 2.30. The molecule has 0 spiro atoms. The molecule has 2 atom stereocenters. The summed E-state index contributed by atoms with van der Waals surface area (Å²) in [5.41, 5.74) is 7.04.